The first-order valence-electron chi connectivity index (χ1n) is 13.9. The maximum Gasteiger partial charge on any atom is 0.248 e. The zero-order valence-corrected chi connectivity index (χ0v) is 24.2. The SMILES string of the molecule is O=C1C[C@](c2ccc(N3CCOCC3)cc2)(c2cccc(OC3CCOCC3)n2)N(S)C(=O)C1c1ccccc1Cl. The highest BCUT2D eigenvalue weighted by Crippen LogP contribution is 2.48. The number of hydrogen-bond donors (Lipinski definition) is 1. The summed E-state index contributed by atoms with van der Waals surface area (Å²) in [5.74, 6) is -1.31. The number of rotatable bonds is 6. The third-order valence-electron chi connectivity index (χ3n) is 8.11. The summed E-state index contributed by atoms with van der Waals surface area (Å²) in [7, 11) is 0. The molecular formula is C31H32ClN3O5S. The van der Waals surface area contributed by atoms with Crippen LogP contribution in [0.3, 0.4) is 0 Å². The lowest BCUT2D eigenvalue weighted by atomic mass is 9.74. The summed E-state index contributed by atoms with van der Waals surface area (Å²) >= 11 is 11.2. The van der Waals surface area contributed by atoms with Crippen LogP contribution in [-0.4, -0.2) is 66.6 Å². The number of hydrogen-bond acceptors (Lipinski definition) is 8. The van der Waals surface area contributed by atoms with Gasteiger partial charge in [-0.25, -0.2) is 4.98 Å². The number of benzene rings is 2. The van der Waals surface area contributed by atoms with Gasteiger partial charge >= 0.3 is 0 Å². The van der Waals surface area contributed by atoms with Gasteiger partial charge < -0.3 is 19.1 Å². The molecule has 0 bridgehead atoms. The minimum absolute atomic E-state index is 0.0124. The molecule has 0 saturated carbocycles. The van der Waals surface area contributed by atoms with Crippen LogP contribution in [0, 0.1) is 0 Å². The third-order valence-corrected chi connectivity index (χ3v) is 8.99. The third kappa shape index (κ3) is 5.44. The second-order valence-electron chi connectivity index (χ2n) is 10.5. The fourth-order valence-corrected chi connectivity index (χ4v) is 6.56. The van der Waals surface area contributed by atoms with E-state index < -0.39 is 17.4 Å². The Balaban J connectivity index is 1.41. The molecule has 3 aliphatic heterocycles. The quantitative estimate of drug-likeness (QED) is 0.325. The van der Waals surface area contributed by atoms with E-state index in [0.717, 1.165) is 37.2 Å². The molecule has 214 valence electrons. The van der Waals surface area contributed by atoms with E-state index in [1.165, 1.54) is 4.31 Å². The van der Waals surface area contributed by atoms with Crippen molar-refractivity contribution in [3.63, 3.8) is 0 Å². The standard InChI is InChI=1S/C31H32ClN3O5S/c32-25-5-2-1-4-24(25)29-26(36)20-31(35(41)30(29)37,21-8-10-22(11-9-21)34-14-18-39-19-15-34)27-6-3-7-28(33-27)40-23-12-16-38-17-13-23/h1-11,23,29,41H,12-20H2/t29?,31-/m0/s1. The zero-order valence-electron chi connectivity index (χ0n) is 22.6. The smallest absolute Gasteiger partial charge is 0.248 e. The number of carbonyl (C=O) groups excluding carboxylic acids is 2. The summed E-state index contributed by atoms with van der Waals surface area (Å²) in [5, 5.41) is 0.369. The minimum Gasteiger partial charge on any atom is -0.474 e. The second-order valence-corrected chi connectivity index (χ2v) is 11.4. The number of morpholine rings is 1. The molecular weight excluding hydrogens is 562 g/mol. The molecule has 3 aliphatic rings. The summed E-state index contributed by atoms with van der Waals surface area (Å²) in [6.45, 7) is 4.22. The molecule has 41 heavy (non-hydrogen) atoms. The number of amides is 1. The van der Waals surface area contributed by atoms with Crippen LogP contribution in [0.5, 0.6) is 5.88 Å². The lowest BCUT2D eigenvalue weighted by molar-refractivity contribution is -0.142. The highest BCUT2D eigenvalue weighted by atomic mass is 35.5. The molecule has 2 atom stereocenters. The molecule has 3 saturated heterocycles. The molecule has 0 spiro atoms. The first-order valence-corrected chi connectivity index (χ1v) is 14.7. The van der Waals surface area contributed by atoms with Gasteiger partial charge in [-0.2, -0.15) is 0 Å². The molecule has 0 N–H and O–H groups in total. The molecule has 0 radical (unpaired) electrons. The average molecular weight is 594 g/mol. The van der Waals surface area contributed by atoms with Crippen LogP contribution in [0.25, 0.3) is 0 Å². The molecule has 10 heteroatoms. The van der Waals surface area contributed by atoms with Crippen LogP contribution >= 0.6 is 24.4 Å². The molecule has 4 heterocycles. The van der Waals surface area contributed by atoms with Gasteiger partial charge in [0.15, 0.2) is 5.78 Å². The zero-order chi connectivity index (χ0) is 28.4. The van der Waals surface area contributed by atoms with E-state index in [2.05, 4.69) is 4.90 Å². The Labute approximate surface area is 250 Å². The van der Waals surface area contributed by atoms with Crippen molar-refractivity contribution >= 4 is 41.8 Å². The van der Waals surface area contributed by atoms with Gasteiger partial charge in [0.2, 0.25) is 11.8 Å². The van der Waals surface area contributed by atoms with Gasteiger partial charge in [-0.3, -0.25) is 13.9 Å². The minimum atomic E-state index is -1.26. The van der Waals surface area contributed by atoms with Crippen molar-refractivity contribution < 1.29 is 23.8 Å². The van der Waals surface area contributed by atoms with E-state index in [9.17, 15) is 9.59 Å². The van der Waals surface area contributed by atoms with Crippen LogP contribution in [-0.2, 0) is 24.6 Å². The Morgan fingerprint density at radius 3 is 2.34 bits per heavy atom. The number of ketones is 1. The van der Waals surface area contributed by atoms with E-state index in [4.69, 9.17) is 43.6 Å². The van der Waals surface area contributed by atoms with Crippen molar-refractivity contribution in [1.82, 2.24) is 9.29 Å². The molecule has 3 fully saturated rings. The second kappa shape index (κ2) is 12.0. The first kappa shape index (κ1) is 28.0. The number of Topliss-reactive ketones (excluding diaryl/α,β-unsaturated/α-hetero) is 1. The highest BCUT2D eigenvalue weighted by molar-refractivity contribution is 7.78. The number of pyridine rings is 1. The predicted molar refractivity (Wildman–Crippen MR) is 159 cm³/mol. The van der Waals surface area contributed by atoms with E-state index in [0.29, 0.717) is 48.6 Å². The van der Waals surface area contributed by atoms with Crippen molar-refractivity contribution in [2.45, 2.75) is 36.8 Å². The van der Waals surface area contributed by atoms with Crippen LogP contribution in [0.1, 0.15) is 42.0 Å². The molecule has 3 aromatic rings. The molecule has 1 unspecified atom stereocenters. The predicted octanol–water partition coefficient (Wildman–Crippen LogP) is 4.80. The van der Waals surface area contributed by atoms with Crippen LogP contribution in [0.4, 0.5) is 5.69 Å². The van der Waals surface area contributed by atoms with Gasteiger partial charge in [-0.05, 0) is 35.4 Å². The number of thiol groups is 1. The summed E-state index contributed by atoms with van der Waals surface area (Å²) in [4.78, 5) is 35.1. The first-order chi connectivity index (χ1) is 20.0. The van der Waals surface area contributed by atoms with Crippen LogP contribution < -0.4 is 9.64 Å². The molecule has 1 aromatic heterocycles. The van der Waals surface area contributed by atoms with Crippen LogP contribution in [0.2, 0.25) is 5.02 Å². The van der Waals surface area contributed by atoms with E-state index in [1.54, 1.807) is 30.3 Å². The largest absolute Gasteiger partial charge is 0.474 e. The Kier molecular flexibility index (Phi) is 8.21. The highest BCUT2D eigenvalue weighted by Gasteiger charge is 2.53. The Morgan fingerprint density at radius 2 is 1.61 bits per heavy atom. The number of anilines is 1. The van der Waals surface area contributed by atoms with Crippen molar-refractivity contribution in [3.05, 3.63) is 88.6 Å². The van der Waals surface area contributed by atoms with Crippen molar-refractivity contribution in [1.29, 1.82) is 0 Å². The normalized spacial score (nSPS) is 24.0. The molecule has 6 rings (SSSR count). The lowest BCUT2D eigenvalue weighted by Gasteiger charge is -2.45. The number of halogens is 1. The van der Waals surface area contributed by atoms with Gasteiger partial charge in [0.05, 0.1) is 32.1 Å². The van der Waals surface area contributed by atoms with E-state index in [1.807, 2.05) is 36.4 Å². The summed E-state index contributed by atoms with van der Waals surface area (Å²) in [6, 6.07) is 20.4. The van der Waals surface area contributed by atoms with Crippen molar-refractivity contribution in [2.75, 3.05) is 44.4 Å². The van der Waals surface area contributed by atoms with Crippen molar-refractivity contribution in [3.8, 4) is 5.88 Å². The number of aromatic nitrogens is 1. The van der Waals surface area contributed by atoms with Crippen molar-refractivity contribution in [2.24, 2.45) is 0 Å². The summed E-state index contributed by atoms with van der Waals surface area (Å²) in [5.41, 5.74) is 1.51. The maximum atomic E-state index is 14.0. The summed E-state index contributed by atoms with van der Waals surface area (Å²) in [6.07, 6.45) is 1.51. The Hall–Kier alpha value is -3.11. The molecule has 1 amide bonds. The average Bonchev–Trinajstić information content (AvgIpc) is 3.01. The number of piperidine rings is 1. The molecule has 0 aliphatic carbocycles. The Bertz CT molecular complexity index is 1410. The maximum absolute atomic E-state index is 14.0. The van der Waals surface area contributed by atoms with Crippen LogP contribution in [0.15, 0.2) is 66.7 Å². The topological polar surface area (TPSA) is 81.2 Å². The number of ether oxygens (including phenoxy) is 3. The van der Waals surface area contributed by atoms with Gasteiger partial charge in [0.25, 0.3) is 0 Å². The van der Waals surface area contributed by atoms with Gasteiger partial charge in [0, 0.05) is 49.1 Å². The monoisotopic (exact) mass is 593 g/mol. The number of nitrogens with zero attached hydrogens (tertiary/aromatic N) is 3. The van der Waals surface area contributed by atoms with E-state index in [-0.39, 0.29) is 18.3 Å². The number of carbonyl (C=O) groups is 2. The summed E-state index contributed by atoms with van der Waals surface area (Å²) < 4.78 is 18.6. The molecule has 8 nitrogen and oxygen atoms in total. The van der Waals surface area contributed by atoms with E-state index >= 15 is 0 Å². The Morgan fingerprint density at radius 1 is 0.902 bits per heavy atom. The van der Waals surface area contributed by atoms with Gasteiger partial charge in [-0.15, -0.1) is 0 Å². The van der Waals surface area contributed by atoms with Gasteiger partial charge in [0.1, 0.15) is 17.6 Å². The fraction of sp³-hybridized carbons (Fsp3) is 0.387. The fourth-order valence-electron chi connectivity index (χ4n) is 5.91. The van der Waals surface area contributed by atoms with Gasteiger partial charge in [-0.1, -0.05) is 60.8 Å². The lowest BCUT2D eigenvalue weighted by Crippen LogP contribution is -2.54. The molecule has 2 aromatic carbocycles.